The molecule has 3 aromatic rings. The number of tetrazole rings is 1. The lowest BCUT2D eigenvalue weighted by atomic mass is 9.78. The molecule has 0 spiro atoms. The number of nitrogens with one attached hydrogen (secondary N) is 1. The van der Waals surface area contributed by atoms with Crippen molar-refractivity contribution in [1.82, 2.24) is 30.6 Å². The van der Waals surface area contributed by atoms with Gasteiger partial charge >= 0.3 is 0 Å². The van der Waals surface area contributed by atoms with Crippen LogP contribution < -0.4 is 10.6 Å². The predicted molar refractivity (Wildman–Crippen MR) is 93.7 cm³/mol. The van der Waals surface area contributed by atoms with Gasteiger partial charge < -0.3 is 10.6 Å². The van der Waals surface area contributed by atoms with E-state index in [1.165, 1.54) is 0 Å². The van der Waals surface area contributed by atoms with Crippen molar-refractivity contribution in [2.45, 2.75) is 31.3 Å². The van der Waals surface area contributed by atoms with E-state index < -0.39 is 0 Å². The first kappa shape index (κ1) is 15.6. The number of hydrogen-bond acceptors (Lipinski definition) is 7. The fourth-order valence-electron chi connectivity index (χ4n) is 3.14. The number of aromatic amines is 1. The minimum atomic E-state index is 0.314. The molecule has 0 amide bonds. The van der Waals surface area contributed by atoms with Crippen molar-refractivity contribution in [3.8, 4) is 11.4 Å². The molecule has 0 radical (unpaired) electrons. The van der Waals surface area contributed by atoms with Crippen molar-refractivity contribution in [2.75, 3.05) is 11.9 Å². The Balaban J connectivity index is 1.49. The van der Waals surface area contributed by atoms with Crippen molar-refractivity contribution in [3.05, 3.63) is 47.9 Å². The van der Waals surface area contributed by atoms with Gasteiger partial charge in [-0.25, -0.2) is 9.97 Å². The Labute approximate surface area is 145 Å². The molecule has 128 valence electrons. The number of aromatic nitrogens is 6. The van der Waals surface area contributed by atoms with Crippen LogP contribution in [0.1, 0.15) is 30.0 Å². The summed E-state index contributed by atoms with van der Waals surface area (Å²) in [6.07, 6.45) is 3.65. The lowest BCUT2D eigenvalue weighted by molar-refractivity contribution is 0.345. The summed E-state index contributed by atoms with van der Waals surface area (Å²) in [5.41, 5.74) is 9.06. The Bertz CT molecular complexity index is 841. The van der Waals surface area contributed by atoms with E-state index in [-0.39, 0.29) is 0 Å². The molecule has 4 rings (SSSR count). The summed E-state index contributed by atoms with van der Waals surface area (Å²) >= 11 is 0. The van der Waals surface area contributed by atoms with Crippen LogP contribution in [0.2, 0.25) is 0 Å². The normalized spacial score (nSPS) is 19.4. The van der Waals surface area contributed by atoms with Gasteiger partial charge in [-0.3, -0.25) is 0 Å². The highest BCUT2D eigenvalue weighted by molar-refractivity contribution is 5.55. The number of hydrogen-bond donors (Lipinski definition) is 2. The van der Waals surface area contributed by atoms with Crippen molar-refractivity contribution in [1.29, 1.82) is 0 Å². The molecule has 0 bridgehead atoms. The molecule has 0 unspecified atom stereocenters. The van der Waals surface area contributed by atoms with E-state index in [1.54, 1.807) is 6.33 Å². The minimum Gasteiger partial charge on any atom is -0.355 e. The summed E-state index contributed by atoms with van der Waals surface area (Å²) in [4.78, 5) is 10.9. The maximum atomic E-state index is 5.89. The smallest absolute Gasteiger partial charge is 0.204 e. The van der Waals surface area contributed by atoms with Crippen LogP contribution in [0.3, 0.4) is 0 Å². The average molecular weight is 336 g/mol. The second kappa shape index (κ2) is 6.56. The Hall–Kier alpha value is -2.87. The van der Waals surface area contributed by atoms with Gasteiger partial charge in [0.2, 0.25) is 5.82 Å². The third-order valence-corrected chi connectivity index (χ3v) is 4.61. The maximum Gasteiger partial charge on any atom is 0.204 e. The Morgan fingerprint density at radius 1 is 1.24 bits per heavy atom. The molecule has 1 aliphatic rings. The van der Waals surface area contributed by atoms with Crippen LogP contribution in [0, 0.1) is 0 Å². The zero-order valence-corrected chi connectivity index (χ0v) is 14.0. The highest BCUT2D eigenvalue weighted by Crippen LogP contribution is 2.35. The number of nitrogens with two attached hydrogens (primary N) is 1. The van der Waals surface area contributed by atoms with Gasteiger partial charge in [0.1, 0.15) is 12.1 Å². The summed E-state index contributed by atoms with van der Waals surface area (Å²) in [6.45, 7) is 0.728. The van der Waals surface area contributed by atoms with E-state index >= 15 is 0 Å². The first-order valence-corrected chi connectivity index (χ1v) is 8.30. The van der Waals surface area contributed by atoms with E-state index in [9.17, 15) is 0 Å². The molecule has 1 saturated carbocycles. The fraction of sp³-hybridized carbons (Fsp3) is 0.353. The number of anilines is 1. The van der Waals surface area contributed by atoms with Crippen LogP contribution in [0.15, 0.2) is 36.7 Å². The van der Waals surface area contributed by atoms with E-state index in [1.807, 2.05) is 19.2 Å². The summed E-state index contributed by atoms with van der Waals surface area (Å²) < 4.78 is 0. The first-order valence-electron chi connectivity index (χ1n) is 8.30. The molecule has 2 aromatic heterocycles. The molecule has 0 saturated heterocycles. The second-order valence-corrected chi connectivity index (χ2v) is 6.52. The zero-order chi connectivity index (χ0) is 17.2. The molecule has 1 aromatic carbocycles. The second-order valence-electron chi connectivity index (χ2n) is 6.52. The Kier molecular flexibility index (Phi) is 4.10. The highest BCUT2D eigenvalue weighted by Gasteiger charge is 2.28. The van der Waals surface area contributed by atoms with Crippen molar-refractivity contribution in [2.24, 2.45) is 5.73 Å². The number of rotatable bonds is 5. The largest absolute Gasteiger partial charge is 0.355 e. The van der Waals surface area contributed by atoms with Gasteiger partial charge in [0.25, 0.3) is 0 Å². The van der Waals surface area contributed by atoms with Gasteiger partial charge in [0.05, 0.1) is 0 Å². The van der Waals surface area contributed by atoms with E-state index in [0.717, 1.165) is 42.0 Å². The van der Waals surface area contributed by atoms with Crippen molar-refractivity contribution in [3.63, 3.8) is 0 Å². The molecular formula is C17H20N8. The molecule has 8 heteroatoms. The summed E-state index contributed by atoms with van der Waals surface area (Å²) in [5.74, 6) is 1.97. The molecule has 1 aliphatic carbocycles. The zero-order valence-electron chi connectivity index (χ0n) is 14.0. The Morgan fingerprint density at radius 2 is 2.12 bits per heavy atom. The Morgan fingerprint density at radius 3 is 2.88 bits per heavy atom. The first-order chi connectivity index (χ1) is 12.2. The van der Waals surface area contributed by atoms with Crippen LogP contribution in [-0.2, 0) is 6.54 Å². The third kappa shape index (κ3) is 3.34. The molecule has 8 nitrogen and oxygen atoms in total. The highest BCUT2D eigenvalue weighted by atomic mass is 15.5. The molecule has 0 aliphatic heterocycles. The molecular weight excluding hydrogens is 316 g/mol. The maximum absolute atomic E-state index is 5.89. The summed E-state index contributed by atoms with van der Waals surface area (Å²) in [5, 5.41) is 14.1. The molecule has 1 fully saturated rings. The van der Waals surface area contributed by atoms with Gasteiger partial charge in [0, 0.05) is 42.9 Å². The van der Waals surface area contributed by atoms with Crippen LogP contribution in [0.25, 0.3) is 11.4 Å². The summed E-state index contributed by atoms with van der Waals surface area (Å²) in [7, 11) is 2.03. The van der Waals surface area contributed by atoms with Crippen LogP contribution in [0.4, 0.5) is 5.82 Å². The van der Waals surface area contributed by atoms with Crippen LogP contribution in [0.5, 0.6) is 0 Å². The van der Waals surface area contributed by atoms with Crippen molar-refractivity contribution >= 4 is 5.82 Å². The number of benzene rings is 1. The SMILES string of the molecule is CN(Cc1cccc(-c2nn[nH]n2)c1)c1cc(C2CC(N)C2)ncn1. The van der Waals surface area contributed by atoms with Crippen LogP contribution >= 0.6 is 0 Å². The van der Waals surface area contributed by atoms with Gasteiger partial charge in [-0.05, 0) is 29.7 Å². The number of nitrogens with zero attached hydrogens (tertiary/aromatic N) is 6. The standard InChI is InChI=1S/C17H20N8/c1-25(16-8-15(19-10-20-16)13-6-14(18)7-13)9-11-3-2-4-12(5-11)17-21-23-24-22-17/h2-5,8,10,13-14H,6-7,9,18H2,1H3,(H,21,22,23,24). The summed E-state index contributed by atoms with van der Waals surface area (Å²) in [6, 6.07) is 10.5. The minimum absolute atomic E-state index is 0.314. The molecule has 0 atom stereocenters. The van der Waals surface area contributed by atoms with E-state index in [0.29, 0.717) is 17.8 Å². The van der Waals surface area contributed by atoms with Gasteiger partial charge in [-0.15, -0.1) is 10.2 Å². The average Bonchev–Trinajstić information content (AvgIpc) is 3.14. The molecule has 2 heterocycles. The fourth-order valence-corrected chi connectivity index (χ4v) is 3.14. The molecule has 3 N–H and O–H groups in total. The predicted octanol–water partition coefficient (Wildman–Crippen LogP) is 1.50. The van der Waals surface area contributed by atoms with Crippen molar-refractivity contribution < 1.29 is 0 Å². The third-order valence-electron chi connectivity index (χ3n) is 4.61. The van der Waals surface area contributed by atoms with E-state index in [4.69, 9.17) is 5.73 Å². The quantitative estimate of drug-likeness (QED) is 0.726. The van der Waals surface area contributed by atoms with E-state index in [2.05, 4.69) is 53.7 Å². The van der Waals surface area contributed by atoms with Gasteiger partial charge in [0.15, 0.2) is 0 Å². The van der Waals surface area contributed by atoms with Gasteiger partial charge in [-0.2, -0.15) is 5.21 Å². The van der Waals surface area contributed by atoms with Crippen LogP contribution in [-0.4, -0.2) is 43.7 Å². The molecule has 25 heavy (non-hydrogen) atoms. The monoisotopic (exact) mass is 336 g/mol. The lowest BCUT2D eigenvalue weighted by Crippen LogP contribution is -2.35. The van der Waals surface area contributed by atoms with Gasteiger partial charge in [-0.1, -0.05) is 18.2 Å². The topological polar surface area (TPSA) is 110 Å². The lowest BCUT2D eigenvalue weighted by Gasteiger charge is -2.32. The number of H-pyrrole nitrogens is 1.